The number of hydrogen-bond acceptors (Lipinski definition) is 3. The first kappa shape index (κ1) is 16.9. The largest absolute Gasteiger partial charge is 0.497 e. The van der Waals surface area contributed by atoms with Gasteiger partial charge in [-0.1, -0.05) is 36.4 Å². The van der Waals surface area contributed by atoms with Gasteiger partial charge in [0.15, 0.2) is 6.61 Å². The Kier molecular flexibility index (Phi) is 6.48. The molecule has 0 aliphatic carbocycles. The van der Waals surface area contributed by atoms with Gasteiger partial charge in [-0.2, -0.15) is 0 Å². The van der Waals surface area contributed by atoms with E-state index in [1.165, 1.54) is 5.56 Å². The molecule has 1 atom stereocenters. The van der Waals surface area contributed by atoms with Crippen molar-refractivity contribution in [2.45, 2.75) is 25.8 Å². The van der Waals surface area contributed by atoms with Crippen molar-refractivity contribution in [1.29, 1.82) is 0 Å². The number of ether oxygens (including phenoxy) is 2. The third-order valence-corrected chi connectivity index (χ3v) is 3.53. The van der Waals surface area contributed by atoms with Crippen LogP contribution in [0.2, 0.25) is 0 Å². The van der Waals surface area contributed by atoms with E-state index >= 15 is 0 Å². The van der Waals surface area contributed by atoms with Crippen molar-refractivity contribution in [3.8, 4) is 11.5 Å². The monoisotopic (exact) mass is 313 g/mol. The van der Waals surface area contributed by atoms with Crippen molar-refractivity contribution in [3.05, 3.63) is 60.2 Å². The van der Waals surface area contributed by atoms with Crippen molar-refractivity contribution in [2.24, 2.45) is 0 Å². The number of rotatable bonds is 8. The molecule has 0 aromatic heterocycles. The van der Waals surface area contributed by atoms with Gasteiger partial charge < -0.3 is 14.8 Å². The van der Waals surface area contributed by atoms with Gasteiger partial charge in [-0.25, -0.2) is 0 Å². The minimum atomic E-state index is -0.117. The van der Waals surface area contributed by atoms with Crippen molar-refractivity contribution < 1.29 is 14.3 Å². The van der Waals surface area contributed by atoms with Crippen LogP contribution in [0.5, 0.6) is 11.5 Å². The van der Waals surface area contributed by atoms with E-state index in [9.17, 15) is 4.79 Å². The summed E-state index contributed by atoms with van der Waals surface area (Å²) in [7, 11) is 1.60. The number of benzene rings is 2. The average molecular weight is 313 g/mol. The summed E-state index contributed by atoms with van der Waals surface area (Å²) in [5.74, 6) is 1.21. The van der Waals surface area contributed by atoms with Gasteiger partial charge in [-0.05, 0) is 37.5 Å². The predicted octanol–water partition coefficient (Wildman–Crippen LogP) is 3.21. The lowest BCUT2D eigenvalue weighted by molar-refractivity contribution is -0.123. The van der Waals surface area contributed by atoms with Crippen LogP contribution in [-0.2, 0) is 11.2 Å². The third kappa shape index (κ3) is 6.02. The van der Waals surface area contributed by atoms with Gasteiger partial charge in [0.05, 0.1) is 7.11 Å². The molecule has 0 spiro atoms. The second-order valence-electron chi connectivity index (χ2n) is 5.46. The first-order valence-corrected chi connectivity index (χ1v) is 7.77. The van der Waals surface area contributed by atoms with E-state index in [4.69, 9.17) is 9.47 Å². The summed E-state index contributed by atoms with van der Waals surface area (Å²) in [6.45, 7) is 2.01. The fraction of sp³-hybridized carbons (Fsp3) is 0.316. The van der Waals surface area contributed by atoms with Crippen molar-refractivity contribution in [2.75, 3.05) is 13.7 Å². The lowest BCUT2D eigenvalue weighted by atomic mass is 10.1. The van der Waals surface area contributed by atoms with E-state index in [-0.39, 0.29) is 18.6 Å². The van der Waals surface area contributed by atoms with E-state index in [0.717, 1.165) is 12.8 Å². The van der Waals surface area contributed by atoms with Crippen LogP contribution >= 0.6 is 0 Å². The highest BCUT2D eigenvalue weighted by atomic mass is 16.5. The number of hydrogen-bond donors (Lipinski definition) is 1. The summed E-state index contributed by atoms with van der Waals surface area (Å²) in [4.78, 5) is 11.9. The molecule has 0 saturated heterocycles. The first-order chi connectivity index (χ1) is 11.2. The number of methoxy groups -OCH3 is 1. The molecular formula is C19H23NO3. The zero-order valence-electron chi connectivity index (χ0n) is 13.6. The molecule has 1 amide bonds. The van der Waals surface area contributed by atoms with Gasteiger partial charge >= 0.3 is 0 Å². The fourth-order valence-corrected chi connectivity index (χ4v) is 2.26. The number of aryl methyl sites for hydroxylation is 1. The Labute approximate surface area is 137 Å². The van der Waals surface area contributed by atoms with Crippen molar-refractivity contribution >= 4 is 5.91 Å². The summed E-state index contributed by atoms with van der Waals surface area (Å²) in [5.41, 5.74) is 1.28. The van der Waals surface area contributed by atoms with Crippen molar-refractivity contribution in [3.63, 3.8) is 0 Å². The number of carbonyl (C=O) groups excluding carboxylic acids is 1. The molecular weight excluding hydrogens is 290 g/mol. The number of carbonyl (C=O) groups is 1. The van der Waals surface area contributed by atoms with E-state index in [2.05, 4.69) is 17.4 Å². The minimum Gasteiger partial charge on any atom is -0.497 e. The Morgan fingerprint density at radius 2 is 1.83 bits per heavy atom. The lowest BCUT2D eigenvalue weighted by Crippen LogP contribution is -2.36. The van der Waals surface area contributed by atoms with Gasteiger partial charge in [0.1, 0.15) is 11.5 Å². The van der Waals surface area contributed by atoms with Crippen LogP contribution in [-0.4, -0.2) is 25.7 Å². The molecule has 23 heavy (non-hydrogen) atoms. The minimum absolute atomic E-state index is 0.00282. The highest BCUT2D eigenvalue weighted by Crippen LogP contribution is 2.18. The summed E-state index contributed by atoms with van der Waals surface area (Å²) in [6.07, 6.45) is 1.84. The maximum Gasteiger partial charge on any atom is 0.258 e. The zero-order chi connectivity index (χ0) is 16.5. The molecule has 0 radical (unpaired) electrons. The van der Waals surface area contributed by atoms with Crippen LogP contribution in [0.3, 0.4) is 0 Å². The third-order valence-electron chi connectivity index (χ3n) is 3.53. The van der Waals surface area contributed by atoms with Crippen LogP contribution in [0.4, 0.5) is 0 Å². The van der Waals surface area contributed by atoms with E-state index in [1.807, 2.05) is 37.3 Å². The Hall–Kier alpha value is -2.49. The molecule has 0 bridgehead atoms. The van der Waals surface area contributed by atoms with E-state index in [1.54, 1.807) is 19.2 Å². The number of nitrogens with one attached hydrogen (secondary N) is 1. The molecule has 0 aliphatic heterocycles. The first-order valence-electron chi connectivity index (χ1n) is 7.77. The maximum absolute atomic E-state index is 11.9. The van der Waals surface area contributed by atoms with Crippen LogP contribution in [0.25, 0.3) is 0 Å². The molecule has 122 valence electrons. The lowest BCUT2D eigenvalue weighted by Gasteiger charge is -2.14. The molecule has 0 saturated carbocycles. The summed E-state index contributed by atoms with van der Waals surface area (Å²) >= 11 is 0. The molecule has 0 aliphatic rings. The standard InChI is InChI=1S/C19H23NO3/c1-15(11-12-16-7-4-3-5-8-16)20-19(21)14-23-18-10-6-9-17(13-18)22-2/h3-10,13,15H,11-12,14H2,1-2H3,(H,20,21)/t15-/m1/s1. The highest BCUT2D eigenvalue weighted by Gasteiger charge is 2.08. The molecule has 4 heteroatoms. The number of amides is 1. The zero-order valence-corrected chi connectivity index (χ0v) is 13.6. The van der Waals surface area contributed by atoms with Gasteiger partial charge in [0, 0.05) is 12.1 Å². The summed E-state index contributed by atoms with van der Waals surface area (Å²) < 4.78 is 10.6. The summed E-state index contributed by atoms with van der Waals surface area (Å²) in [6, 6.07) is 17.6. The average Bonchev–Trinajstić information content (AvgIpc) is 2.59. The molecule has 2 aromatic rings. The molecule has 0 fully saturated rings. The molecule has 2 aromatic carbocycles. The normalized spacial score (nSPS) is 11.6. The molecule has 1 N–H and O–H groups in total. The quantitative estimate of drug-likeness (QED) is 0.814. The SMILES string of the molecule is COc1cccc(OCC(=O)N[C@H](C)CCc2ccccc2)c1. The van der Waals surface area contributed by atoms with Crippen LogP contribution in [0.1, 0.15) is 18.9 Å². The summed E-state index contributed by atoms with van der Waals surface area (Å²) in [5, 5.41) is 2.95. The Bertz CT molecular complexity index is 613. The van der Waals surface area contributed by atoms with Gasteiger partial charge in [-0.15, -0.1) is 0 Å². The Balaban J connectivity index is 1.71. The smallest absolute Gasteiger partial charge is 0.258 e. The molecule has 0 unspecified atom stereocenters. The van der Waals surface area contributed by atoms with Crippen molar-refractivity contribution in [1.82, 2.24) is 5.32 Å². The van der Waals surface area contributed by atoms with Gasteiger partial charge in [-0.3, -0.25) is 4.79 Å². The second kappa shape index (κ2) is 8.83. The molecule has 0 heterocycles. The fourth-order valence-electron chi connectivity index (χ4n) is 2.26. The topological polar surface area (TPSA) is 47.6 Å². The van der Waals surface area contributed by atoms with E-state index in [0.29, 0.717) is 11.5 Å². The molecule has 4 nitrogen and oxygen atoms in total. The van der Waals surface area contributed by atoms with E-state index < -0.39 is 0 Å². The Morgan fingerprint density at radius 1 is 1.09 bits per heavy atom. The van der Waals surface area contributed by atoms with Crippen LogP contribution < -0.4 is 14.8 Å². The van der Waals surface area contributed by atoms with Gasteiger partial charge in [0.25, 0.3) is 5.91 Å². The highest BCUT2D eigenvalue weighted by molar-refractivity contribution is 5.77. The van der Waals surface area contributed by atoms with Crippen LogP contribution in [0.15, 0.2) is 54.6 Å². The predicted molar refractivity (Wildman–Crippen MR) is 90.9 cm³/mol. The van der Waals surface area contributed by atoms with Crippen LogP contribution in [0, 0.1) is 0 Å². The molecule has 2 rings (SSSR count). The Morgan fingerprint density at radius 3 is 2.57 bits per heavy atom. The maximum atomic E-state index is 11.9. The van der Waals surface area contributed by atoms with Gasteiger partial charge in [0.2, 0.25) is 0 Å². The second-order valence-corrected chi connectivity index (χ2v) is 5.46.